The molecule has 0 bridgehead atoms. The van der Waals surface area contributed by atoms with Gasteiger partial charge in [0.15, 0.2) is 0 Å². The third-order valence-electron chi connectivity index (χ3n) is 3.32. The van der Waals surface area contributed by atoms with Crippen LogP contribution in [0.15, 0.2) is 40.2 Å². The Morgan fingerprint density at radius 1 is 1.40 bits per heavy atom. The Bertz CT molecular complexity index is 625. The van der Waals surface area contributed by atoms with Crippen molar-refractivity contribution in [2.45, 2.75) is 25.4 Å². The van der Waals surface area contributed by atoms with E-state index in [1.807, 2.05) is 16.3 Å². The second kappa shape index (κ2) is 5.88. The first-order chi connectivity index (χ1) is 9.65. The van der Waals surface area contributed by atoms with E-state index in [1.165, 1.54) is 4.88 Å². The number of amides is 1. The fourth-order valence-corrected chi connectivity index (χ4v) is 3.70. The summed E-state index contributed by atoms with van der Waals surface area (Å²) in [4.78, 5) is 15.9. The molecule has 2 aromatic rings. The number of thiophene rings is 1. The first-order valence-corrected chi connectivity index (χ1v) is 8.48. The van der Waals surface area contributed by atoms with Crippen molar-refractivity contribution in [1.82, 2.24) is 4.90 Å². The summed E-state index contributed by atoms with van der Waals surface area (Å²) in [5, 5.41) is 2.67. The first kappa shape index (κ1) is 14.1. The van der Waals surface area contributed by atoms with Crippen LogP contribution in [-0.4, -0.2) is 16.8 Å². The smallest absolute Gasteiger partial charge is 0.255 e. The summed E-state index contributed by atoms with van der Waals surface area (Å²) < 4.78 is 0.756. The minimum absolute atomic E-state index is 0.0736. The SMILES string of the molecule is O=C(c1ccc(Cl)cc1Br)N(Cc1cccs1)C1CC1. The second-order valence-electron chi connectivity index (χ2n) is 4.87. The van der Waals surface area contributed by atoms with Crippen LogP contribution in [0.25, 0.3) is 0 Å². The zero-order valence-corrected chi connectivity index (χ0v) is 13.8. The highest BCUT2D eigenvalue weighted by molar-refractivity contribution is 9.10. The van der Waals surface area contributed by atoms with Crippen molar-refractivity contribution in [3.8, 4) is 0 Å². The normalized spacial score (nSPS) is 14.3. The van der Waals surface area contributed by atoms with Crippen LogP contribution in [0.5, 0.6) is 0 Å². The van der Waals surface area contributed by atoms with Gasteiger partial charge in [-0.15, -0.1) is 11.3 Å². The molecule has 3 rings (SSSR count). The lowest BCUT2D eigenvalue weighted by Gasteiger charge is -2.22. The quantitative estimate of drug-likeness (QED) is 0.744. The maximum Gasteiger partial charge on any atom is 0.255 e. The van der Waals surface area contributed by atoms with Crippen molar-refractivity contribution >= 4 is 44.8 Å². The molecule has 1 amide bonds. The van der Waals surface area contributed by atoms with Gasteiger partial charge in [-0.1, -0.05) is 17.7 Å². The molecule has 0 spiro atoms. The molecule has 2 nitrogen and oxygen atoms in total. The van der Waals surface area contributed by atoms with Gasteiger partial charge in [0.1, 0.15) is 0 Å². The zero-order chi connectivity index (χ0) is 14.1. The van der Waals surface area contributed by atoms with Gasteiger partial charge < -0.3 is 4.90 Å². The van der Waals surface area contributed by atoms with Crippen molar-refractivity contribution in [2.24, 2.45) is 0 Å². The molecule has 0 atom stereocenters. The summed E-state index contributed by atoms with van der Waals surface area (Å²) in [5.74, 6) is 0.0736. The molecule has 5 heteroatoms. The van der Waals surface area contributed by atoms with Gasteiger partial charge in [-0.05, 0) is 58.4 Å². The topological polar surface area (TPSA) is 20.3 Å². The van der Waals surface area contributed by atoms with Gasteiger partial charge in [0, 0.05) is 20.4 Å². The molecule has 1 aliphatic rings. The van der Waals surface area contributed by atoms with E-state index in [0.29, 0.717) is 23.2 Å². The Morgan fingerprint density at radius 3 is 2.80 bits per heavy atom. The summed E-state index contributed by atoms with van der Waals surface area (Å²) >= 11 is 11.1. The highest BCUT2D eigenvalue weighted by atomic mass is 79.9. The average molecular weight is 371 g/mol. The summed E-state index contributed by atoms with van der Waals surface area (Å²) in [6.45, 7) is 0.691. The van der Waals surface area contributed by atoms with E-state index in [2.05, 4.69) is 22.0 Å². The third-order valence-corrected chi connectivity index (χ3v) is 5.07. The highest BCUT2D eigenvalue weighted by Crippen LogP contribution is 2.32. The number of carbonyl (C=O) groups is 1. The largest absolute Gasteiger partial charge is 0.330 e. The number of hydrogen-bond acceptors (Lipinski definition) is 2. The van der Waals surface area contributed by atoms with Crippen LogP contribution in [0.4, 0.5) is 0 Å². The molecule has 20 heavy (non-hydrogen) atoms. The molecule has 0 N–H and O–H groups in total. The van der Waals surface area contributed by atoms with Crippen LogP contribution in [0.3, 0.4) is 0 Å². The lowest BCUT2D eigenvalue weighted by molar-refractivity contribution is 0.0731. The van der Waals surface area contributed by atoms with E-state index in [4.69, 9.17) is 11.6 Å². The molecule has 1 aromatic heterocycles. The fourth-order valence-electron chi connectivity index (χ4n) is 2.14. The molecule has 104 valence electrons. The highest BCUT2D eigenvalue weighted by Gasteiger charge is 2.33. The number of benzene rings is 1. The molecule has 0 radical (unpaired) electrons. The fraction of sp³-hybridized carbons (Fsp3) is 0.267. The average Bonchev–Trinajstić information content (AvgIpc) is 3.12. The number of hydrogen-bond donors (Lipinski definition) is 0. The summed E-state index contributed by atoms with van der Waals surface area (Å²) in [5.41, 5.74) is 0.679. The minimum atomic E-state index is 0.0736. The van der Waals surface area contributed by atoms with Crippen LogP contribution >= 0.6 is 38.9 Å². The van der Waals surface area contributed by atoms with Crippen LogP contribution in [0, 0.1) is 0 Å². The summed E-state index contributed by atoms with van der Waals surface area (Å²) in [6, 6.07) is 9.80. The Labute approximate surface area is 135 Å². The number of nitrogens with zero attached hydrogens (tertiary/aromatic N) is 1. The molecule has 0 aliphatic heterocycles. The van der Waals surface area contributed by atoms with Crippen molar-refractivity contribution in [1.29, 1.82) is 0 Å². The second-order valence-corrected chi connectivity index (χ2v) is 7.19. The monoisotopic (exact) mass is 369 g/mol. The third kappa shape index (κ3) is 3.08. The Hall–Kier alpha value is -0.840. The van der Waals surface area contributed by atoms with Crippen molar-refractivity contribution in [2.75, 3.05) is 0 Å². The molecule has 1 aliphatic carbocycles. The van der Waals surface area contributed by atoms with Crippen LogP contribution < -0.4 is 0 Å². The van der Waals surface area contributed by atoms with E-state index in [9.17, 15) is 4.79 Å². The molecule has 0 unspecified atom stereocenters. The van der Waals surface area contributed by atoms with Crippen LogP contribution in [-0.2, 0) is 6.54 Å². The van der Waals surface area contributed by atoms with E-state index < -0.39 is 0 Å². The van der Waals surface area contributed by atoms with Gasteiger partial charge in [0.25, 0.3) is 5.91 Å². The Morgan fingerprint density at radius 2 is 2.20 bits per heavy atom. The molecular weight excluding hydrogens is 358 g/mol. The van der Waals surface area contributed by atoms with Gasteiger partial charge in [-0.2, -0.15) is 0 Å². The molecule has 1 aromatic carbocycles. The molecule has 1 fully saturated rings. The van der Waals surface area contributed by atoms with Gasteiger partial charge in [-0.25, -0.2) is 0 Å². The van der Waals surface area contributed by atoms with Gasteiger partial charge in [-0.3, -0.25) is 4.79 Å². The van der Waals surface area contributed by atoms with E-state index in [-0.39, 0.29) is 5.91 Å². The number of rotatable bonds is 4. The predicted octanol–water partition coefficient (Wildman–Crippen LogP) is 4.97. The summed E-state index contributed by atoms with van der Waals surface area (Å²) in [6.07, 6.45) is 2.20. The number of halogens is 2. The van der Waals surface area contributed by atoms with E-state index in [1.54, 1.807) is 29.5 Å². The van der Waals surface area contributed by atoms with E-state index >= 15 is 0 Å². The van der Waals surface area contributed by atoms with Gasteiger partial charge in [0.05, 0.1) is 12.1 Å². The van der Waals surface area contributed by atoms with Gasteiger partial charge >= 0.3 is 0 Å². The van der Waals surface area contributed by atoms with Crippen LogP contribution in [0.1, 0.15) is 28.1 Å². The lowest BCUT2D eigenvalue weighted by Crippen LogP contribution is -2.32. The first-order valence-electron chi connectivity index (χ1n) is 6.43. The van der Waals surface area contributed by atoms with Crippen molar-refractivity contribution < 1.29 is 4.79 Å². The maximum atomic E-state index is 12.7. The minimum Gasteiger partial charge on any atom is -0.330 e. The molecule has 1 heterocycles. The lowest BCUT2D eigenvalue weighted by atomic mass is 10.2. The molecule has 0 saturated heterocycles. The Balaban J connectivity index is 1.85. The van der Waals surface area contributed by atoms with Crippen molar-refractivity contribution in [3.63, 3.8) is 0 Å². The standard InChI is InChI=1S/C15H13BrClNOS/c16-14-8-10(17)3-6-13(14)15(19)18(11-4-5-11)9-12-2-1-7-20-12/h1-3,6-8,11H,4-5,9H2. The van der Waals surface area contributed by atoms with E-state index in [0.717, 1.165) is 17.3 Å². The van der Waals surface area contributed by atoms with Crippen LogP contribution in [0.2, 0.25) is 5.02 Å². The zero-order valence-electron chi connectivity index (χ0n) is 10.7. The molecular formula is C15H13BrClNOS. The Kier molecular flexibility index (Phi) is 4.15. The molecule has 1 saturated carbocycles. The summed E-state index contributed by atoms with van der Waals surface area (Å²) in [7, 11) is 0. The van der Waals surface area contributed by atoms with Gasteiger partial charge in [0.2, 0.25) is 0 Å². The predicted molar refractivity (Wildman–Crippen MR) is 86.4 cm³/mol. The van der Waals surface area contributed by atoms with Crippen molar-refractivity contribution in [3.05, 3.63) is 55.6 Å². The maximum absolute atomic E-state index is 12.7. The number of carbonyl (C=O) groups excluding carboxylic acids is 1.